The molecular formula is C27H29NO. The number of benzene rings is 3. The zero-order chi connectivity index (χ0) is 19.7. The Morgan fingerprint density at radius 1 is 0.793 bits per heavy atom. The molecule has 2 fully saturated rings. The van der Waals surface area contributed by atoms with E-state index in [-0.39, 0.29) is 0 Å². The van der Waals surface area contributed by atoms with Crippen LogP contribution < -0.4 is 0 Å². The van der Waals surface area contributed by atoms with Gasteiger partial charge in [-0.15, -0.1) is 0 Å². The van der Waals surface area contributed by atoms with Gasteiger partial charge in [0.05, 0.1) is 0 Å². The molecule has 3 aromatic rings. The maximum Gasteiger partial charge on any atom is 0.122 e. The van der Waals surface area contributed by atoms with E-state index in [0.29, 0.717) is 17.9 Å². The fraction of sp³-hybridized carbons (Fsp3) is 0.333. The van der Waals surface area contributed by atoms with Crippen LogP contribution in [0.25, 0.3) is 0 Å². The first-order chi connectivity index (χ1) is 14.3. The lowest BCUT2D eigenvalue weighted by Crippen LogP contribution is -2.44. The summed E-state index contributed by atoms with van der Waals surface area (Å²) in [4.78, 5) is 2.70. The maximum absolute atomic E-state index is 6.55. The van der Waals surface area contributed by atoms with Crippen molar-refractivity contribution in [2.75, 3.05) is 13.7 Å². The van der Waals surface area contributed by atoms with Gasteiger partial charge in [0.15, 0.2) is 0 Å². The molecule has 2 aliphatic rings. The molecule has 3 atom stereocenters. The third-order valence-corrected chi connectivity index (χ3v) is 7.12. The summed E-state index contributed by atoms with van der Waals surface area (Å²) in [5.74, 6) is 1.12. The average Bonchev–Trinajstić information content (AvgIpc) is 3.35. The lowest BCUT2D eigenvalue weighted by atomic mass is 9.71. The highest BCUT2D eigenvalue weighted by atomic mass is 16.5. The van der Waals surface area contributed by atoms with Crippen LogP contribution in [0.3, 0.4) is 0 Å². The van der Waals surface area contributed by atoms with Crippen molar-refractivity contribution in [3.63, 3.8) is 0 Å². The van der Waals surface area contributed by atoms with Gasteiger partial charge in [-0.25, -0.2) is 0 Å². The first kappa shape index (κ1) is 18.6. The maximum atomic E-state index is 6.55. The van der Waals surface area contributed by atoms with Gasteiger partial charge in [0.25, 0.3) is 0 Å². The molecule has 1 saturated carbocycles. The molecule has 0 radical (unpaired) electrons. The molecule has 1 unspecified atom stereocenters. The van der Waals surface area contributed by atoms with Crippen LogP contribution in [0.2, 0.25) is 0 Å². The summed E-state index contributed by atoms with van der Waals surface area (Å²) in [5, 5.41) is 0. The number of likely N-dealkylation sites (tertiary alicyclic amines) is 1. The van der Waals surface area contributed by atoms with Crippen molar-refractivity contribution in [2.24, 2.45) is 11.8 Å². The van der Waals surface area contributed by atoms with Gasteiger partial charge >= 0.3 is 0 Å². The smallest absolute Gasteiger partial charge is 0.122 e. The van der Waals surface area contributed by atoms with E-state index in [9.17, 15) is 0 Å². The quantitative estimate of drug-likeness (QED) is 0.558. The topological polar surface area (TPSA) is 12.5 Å². The fourth-order valence-corrected chi connectivity index (χ4v) is 6.01. The predicted molar refractivity (Wildman–Crippen MR) is 118 cm³/mol. The lowest BCUT2D eigenvalue weighted by Gasteiger charge is -2.42. The Morgan fingerprint density at radius 2 is 1.34 bits per heavy atom. The predicted octanol–water partition coefficient (Wildman–Crippen LogP) is 5.49. The van der Waals surface area contributed by atoms with Crippen LogP contribution in [-0.2, 0) is 16.9 Å². The molecule has 2 nitrogen and oxygen atoms in total. The molecule has 2 heteroatoms. The summed E-state index contributed by atoms with van der Waals surface area (Å²) in [6.07, 6.45) is 2.55. The van der Waals surface area contributed by atoms with Crippen molar-refractivity contribution in [1.82, 2.24) is 4.90 Å². The van der Waals surface area contributed by atoms with E-state index in [4.69, 9.17) is 4.74 Å². The average molecular weight is 384 g/mol. The molecule has 0 N–H and O–H groups in total. The first-order valence-corrected chi connectivity index (χ1v) is 10.8. The van der Waals surface area contributed by atoms with E-state index in [1.807, 2.05) is 7.11 Å². The van der Waals surface area contributed by atoms with Gasteiger partial charge in [-0.1, -0.05) is 91.0 Å². The van der Waals surface area contributed by atoms with Crippen molar-refractivity contribution in [1.29, 1.82) is 0 Å². The number of methoxy groups -OCH3 is 1. The second kappa shape index (κ2) is 7.78. The highest BCUT2D eigenvalue weighted by Crippen LogP contribution is 2.55. The van der Waals surface area contributed by atoms with E-state index in [2.05, 4.69) is 95.9 Å². The standard InChI is InChI=1S/C27H29NO/c1-29-27(23-13-7-3-8-14-23,24-15-9-4-10-16-24)26-22-17-18-25(26)28(20-22)19-21-11-5-2-6-12-21/h2-16,22,25-26H,17-20H2,1H3/t22-,25-,26?/m0/s1. The molecule has 1 saturated heterocycles. The minimum atomic E-state index is -0.403. The summed E-state index contributed by atoms with van der Waals surface area (Å²) in [7, 11) is 1.90. The molecule has 3 aromatic carbocycles. The van der Waals surface area contributed by atoms with Crippen LogP contribution in [0.5, 0.6) is 0 Å². The van der Waals surface area contributed by atoms with Crippen LogP contribution in [0.4, 0.5) is 0 Å². The van der Waals surface area contributed by atoms with Gasteiger partial charge in [-0.2, -0.15) is 0 Å². The van der Waals surface area contributed by atoms with Gasteiger partial charge in [-0.3, -0.25) is 4.90 Å². The second-order valence-electron chi connectivity index (χ2n) is 8.52. The third-order valence-electron chi connectivity index (χ3n) is 7.12. The monoisotopic (exact) mass is 383 g/mol. The number of fused-ring (bicyclic) bond motifs is 2. The molecule has 29 heavy (non-hydrogen) atoms. The summed E-state index contributed by atoms with van der Waals surface area (Å²) in [6.45, 7) is 2.19. The number of ether oxygens (including phenoxy) is 1. The van der Waals surface area contributed by atoms with Crippen molar-refractivity contribution < 1.29 is 4.74 Å². The Labute approximate surface area is 174 Å². The van der Waals surface area contributed by atoms with Crippen LogP contribution in [0.1, 0.15) is 29.5 Å². The van der Waals surface area contributed by atoms with E-state index < -0.39 is 5.60 Å². The van der Waals surface area contributed by atoms with Crippen LogP contribution in [0.15, 0.2) is 91.0 Å². The largest absolute Gasteiger partial charge is 0.368 e. The summed E-state index contributed by atoms with van der Waals surface area (Å²) in [5.41, 5.74) is 3.55. The van der Waals surface area contributed by atoms with Gasteiger partial charge in [0.1, 0.15) is 5.60 Å². The summed E-state index contributed by atoms with van der Waals surface area (Å²) < 4.78 is 6.55. The SMILES string of the molecule is COC(c1ccccc1)(c1ccccc1)C1[C@H]2CC[C@@H]1N(Cc1ccccc1)C2. The van der Waals surface area contributed by atoms with Gasteiger partial charge < -0.3 is 4.74 Å². The molecule has 2 bridgehead atoms. The van der Waals surface area contributed by atoms with E-state index in [1.54, 1.807) is 0 Å². The van der Waals surface area contributed by atoms with Crippen molar-refractivity contribution >= 4 is 0 Å². The van der Waals surface area contributed by atoms with Crippen LogP contribution in [0, 0.1) is 11.8 Å². The van der Waals surface area contributed by atoms with Gasteiger partial charge in [0.2, 0.25) is 0 Å². The molecule has 1 aliphatic heterocycles. The highest BCUT2D eigenvalue weighted by molar-refractivity contribution is 5.39. The third kappa shape index (κ3) is 3.11. The van der Waals surface area contributed by atoms with Crippen molar-refractivity contribution in [3.8, 4) is 0 Å². The minimum absolute atomic E-state index is 0.403. The van der Waals surface area contributed by atoms with Gasteiger partial charge in [-0.05, 0) is 35.4 Å². The number of rotatable bonds is 6. The Kier molecular flexibility index (Phi) is 4.99. The zero-order valence-electron chi connectivity index (χ0n) is 17.1. The van der Waals surface area contributed by atoms with Gasteiger partial charge in [0, 0.05) is 32.2 Å². The lowest BCUT2D eigenvalue weighted by molar-refractivity contribution is -0.0428. The molecule has 0 amide bonds. The number of nitrogens with zero attached hydrogens (tertiary/aromatic N) is 1. The van der Waals surface area contributed by atoms with E-state index >= 15 is 0 Å². The van der Waals surface area contributed by atoms with E-state index in [0.717, 1.165) is 13.1 Å². The summed E-state index contributed by atoms with van der Waals surface area (Å²) in [6, 6.07) is 33.2. The van der Waals surface area contributed by atoms with Crippen molar-refractivity contribution in [2.45, 2.75) is 31.0 Å². The first-order valence-electron chi connectivity index (χ1n) is 10.8. The molecule has 0 spiro atoms. The second-order valence-corrected chi connectivity index (χ2v) is 8.52. The number of hydrogen-bond donors (Lipinski definition) is 0. The zero-order valence-corrected chi connectivity index (χ0v) is 17.1. The molecule has 5 rings (SSSR count). The van der Waals surface area contributed by atoms with E-state index in [1.165, 1.54) is 29.5 Å². The van der Waals surface area contributed by atoms with Crippen molar-refractivity contribution in [3.05, 3.63) is 108 Å². The Bertz CT molecular complexity index is 885. The molecule has 0 aromatic heterocycles. The van der Waals surface area contributed by atoms with Crippen LogP contribution in [-0.4, -0.2) is 24.6 Å². The molecular weight excluding hydrogens is 354 g/mol. The Morgan fingerprint density at radius 3 is 1.90 bits per heavy atom. The van der Waals surface area contributed by atoms with Crippen LogP contribution >= 0.6 is 0 Å². The molecule has 1 heterocycles. The fourth-order valence-electron chi connectivity index (χ4n) is 6.01. The Hall–Kier alpha value is -2.42. The normalized spacial score (nSPS) is 24.1. The number of piperidine rings is 1. The summed E-state index contributed by atoms with van der Waals surface area (Å²) >= 11 is 0. The minimum Gasteiger partial charge on any atom is -0.368 e. The molecule has 148 valence electrons. The molecule has 1 aliphatic carbocycles. The Balaban J connectivity index is 1.57. The highest BCUT2D eigenvalue weighted by Gasteiger charge is 2.57. The number of hydrogen-bond acceptors (Lipinski definition) is 2.